The van der Waals surface area contributed by atoms with Gasteiger partial charge in [0.15, 0.2) is 5.69 Å². The predicted octanol–water partition coefficient (Wildman–Crippen LogP) is 1.34. The molecule has 0 unspecified atom stereocenters. The summed E-state index contributed by atoms with van der Waals surface area (Å²) in [4.78, 5) is 11.0. The quantitative estimate of drug-likeness (QED) is 0.814. The van der Waals surface area contributed by atoms with E-state index in [4.69, 9.17) is 5.11 Å². The summed E-state index contributed by atoms with van der Waals surface area (Å²) in [5.74, 6) is 0.411. The van der Waals surface area contributed by atoms with Crippen LogP contribution >= 0.6 is 0 Å². The van der Waals surface area contributed by atoms with Gasteiger partial charge in [-0.3, -0.25) is 0 Å². The van der Waals surface area contributed by atoms with Gasteiger partial charge >= 0.3 is 5.97 Å². The molecule has 0 aromatic carbocycles. The average Bonchev–Trinajstić information content (AvgIpc) is 3.08. The van der Waals surface area contributed by atoms with Gasteiger partial charge in [-0.15, -0.1) is 5.10 Å². The van der Waals surface area contributed by atoms with E-state index in [-0.39, 0.29) is 5.69 Å². The fourth-order valence-electron chi connectivity index (χ4n) is 1.99. The lowest BCUT2D eigenvalue weighted by atomic mass is 10.2. The summed E-state index contributed by atoms with van der Waals surface area (Å²) in [6, 6.07) is 0. The summed E-state index contributed by atoms with van der Waals surface area (Å²) >= 11 is 0. The number of aromatic nitrogens is 3. The number of aromatic carboxylic acids is 1. The number of rotatable bonds is 5. The summed E-state index contributed by atoms with van der Waals surface area (Å²) in [7, 11) is 0. The molecule has 0 aliphatic heterocycles. The lowest BCUT2D eigenvalue weighted by Crippen LogP contribution is -2.10. The van der Waals surface area contributed by atoms with Gasteiger partial charge in [0.05, 0.1) is 5.69 Å². The highest BCUT2D eigenvalue weighted by atomic mass is 16.4. The summed E-state index contributed by atoms with van der Waals surface area (Å²) in [5, 5.41) is 16.8. The monoisotopic (exact) mass is 221 g/mol. The molecule has 2 saturated carbocycles. The van der Waals surface area contributed by atoms with E-state index in [0.717, 1.165) is 18.7 Å². The molecule has 5 heteroatoms. The molecule has 0 saturated heterocycles. The molecule has 5 nitrogen and oxygen atoms in total. The van der Waals surface area contributed by atoms with Crippen molar-refractivity contribution in [3.05, 3.63) is 11.4 Å². The Hall–Kier alpha value is -1.39. The first-order chi connectivity index (χ1) is 7.74. The van der Waals surface area contributed by atoms with Crippen LogP contribution in [0.4, 0.5) is 0 Å². The first-order valence-electron chi connectivity index (χ1n) is 5.89. The van der Waals surface area contributed by atoms with Crippen LogP contribution in [0.3, 0.4) is 0 Å². The number of carboxylic acid groups (broad SMARTS) is 1. The number of carboxylic acids is 1. The van der Waals surface area contributed by atoms with E-state index in [1.807, 2.05) is 4.68 Å². The zero-order chi connectivity index (χ0) is 11.1. The first kappa shape index (κ1) is 9.81. The largest absolute Gasteiger partial charge is 0.476 e. The Bertz CT molecular complexity index is 419. The van der Waals surface area contributed by atoms with Gasteiger partial charge in [0.25, 0.3) is 0 Å². The fourth-order valence-corrected chi connectivity index (χ4v) is 1.99. The molecule has 0 radical (unpaired) electrons. The second-order valence-electron chi connectivity index (χ2n) is 4.96. The molecular weight excluding hydrogens is 206 g/mol. The van der Waals surface area contributed by atoms with Crippen molar-refractivity contribution in [1.82, 2.24) is 15.0 Å². The van der Waals surface area contributed by atoms with Crippen LogP contribution in [-0.4, -0.2) is 26.1 Å². The van der Waals surface area contributed by atoms with E-state index in [2.05, 4.69) is 10.3 Å². The third-order valence-corrected chi connectivity index (χ3v) is 3.35. The Morgan fingerprint density at radius 3 is 2.56 bits per heavy atom. The van der Waals surface area contributed by atoms with Crippen LogP contribution in [-0.2, 0) is 13.0 Å². The number of hydrogen-bond donors (Lipinski definition) is 1. The molecule has 2 aliphatic rings. The minimum absolute atomic E-state index is 0.160. The maximum atomic E-state index is 11.0. The summed E-state index contributed by atoms with van der Waals surface area (Å²) < 4.78 is 1.82. The second-order valence-corrected chi connectivity index (χ2v) is 4.96. The molecule has 0 spiro atoms. The minimum atomic E-state index is -0.947. The summed E-state index contributed by atoms with van der Waals surface area (Å²) in [6.45, 7) is 0.850. The van der Waals surface area contributed by atoms with Crippen molar-refractivity contribution in [3.8, 4) is 0 Å². The van der Waals surface area contributed by atoms with Crippen LogP contribution < -0.4 is 0 Å². The van der Waals surface area contributed by atoms with Crippen LogP contribution in [0.1, 0.15) is 41.9 Å². The van der Waals surface area contributed by atoms with E-state index in [0.29, 0.717) is 11.8 Å². The molecule has 2 aliphatic carbocycles. The topological polar surface area (TPSA) is 68.0 Å². The zero-order valence-electron chi connectivity index (χ0n) is 9.09. The Labute approximate surface area is 93.5 Å². The van der Waals surface area contributed by atoms with Gasteiger partial charge in [-0.25, -0.2) is 9.48 Å². The molecule has 1 aromatic heterocycles. The predicted molar refractivity (Wildman–Crippen MR) is 56.1 cm³/mol. The van der Waals surface area contributed by atoms with Gasteiger partial charge < -0.3 is 5.11 Å². The van der Waals surface area contributed by atoms with Gasteiger partial charge in [0.2, 0.25) is 0 Å². The van der Waals surface area contributed by atoms with Gasteiger partial charge in [-0.05, 0) is 43.9 Å². The molecule has 2 fully saturated rings. The summed E-state index contributed by atoms with van der Waals surface area (Å²) in [5.41, 5.74) is 0.995. The maximum absolute atomic E-state index is 11.0. The first-order valence-corrected chi connectivity index (χ1v) is 5.89. The normalized spacial score (nSPS) is 20.0. The van der Waals surface area contributed by atoms with Crippen LogP contribution in [0.15, 0.2) is 0 Å². The molecule has 0 atom stereocenters. The van der Waals surface area contributed by atoms with E-state index >= 15 is 0 Å². The molecular formula is C11H15N3O2. The Balaban J connectivity index is 1.85. The lowest BCUT2D eigenvalue weighted by Gasteiger charge is -2.05. The molecule has 3 rings (SSSR count). The smallest absolute Gasteiger partial charge is 0.358 e. The van der Waals surface area contributed by atoms with Crippen molar-refractivity contribution in [3.63, 3.8) is 0 Å². The van der Waals surface area contributed by atoms with Crippen molar-refractivity contribution in [2.24, 2.45) is 11.8 Å². The number of nitrogens with zero attached hydrogens (tertiary/aromatic N) is 3. The minimum Gasteiger partial charge on any atom is -0.476 e. The van der Waals surface area contributed by atoms with Crippen molar-refractivity contribution in [1.29, 1.82) is 0 Å². The van der Waals surface area contributed by atoms with Crippen LogP contribution in [0.25, 0.3) is 0 Å². The molecule has 86 valence electrons. The van der Waals surface area contributed by atoms with Crippen LogP contribution in [0.2, 0.25) is 0 Å². The Kier molecular flexibility index (Phi) is 2.19. The third kappa shape index (κ3) is 1.94. The lowest BCUT2D eigenvalue weighted by molar-refractivity contribution is 0.0689. The molecule has 16 heavy (non-hydrogen) atoms. The summed E-state index contributed by atoms with van der Waals surface area (Å²) in [6.07, 6.45) is 5.75. The van der Waals surface area contributed by atoms with E-state index in [1.165, 1.54) is 25.7 Å². The van der Waals surface area contributed by atoms with Gasteiger partial charge in [0.1, 0.15) is 0 Å². The van der Waals surface area contributed by atoms with Crippen LogP contribution in [0, 0.1) is 11.8 Å². The molecule has 0 amide bonds. The van der Waals surface area contributed by atoms with Crippen molar-refractivity contribution in [2.45, 2.75) is 38.6 Å². The third-order valence-electron chi connectivity index (χ3n) is 3.35. The van der Waals surface area contributed by atoms with Gasteiger partial charge in [0, 0.05) is 6.54 Å². The number of carbonyl (C=O) groups is 1. The molecule has 1 heterocycles. The Morgan fingerprint density at radius 2 is 2.00 bits per heavy atom. The highest BCUT2D eigenvalue weighted by Gasteiger charge is 2.30. The fraction of sp³-hybridized carbons (Fsp3) is 0.727. The SMILES string of the molecule is O=C(O)c1nnn(CC2CC2)c1CC1CC1. The van der Waals surface area contributed by atoms with Crippen molar-refractivity contribution >= 4 is 5.97 Å². The molecule has 1 N–H and O–H groups in total. The average molecular weight is 221 g/mol. The van der Waals surface area contributed by atoms with E-state index in [1.54, 1.807) is 0 Å². The highest BCUT2D eigenvalue weighted by molar-refractivity contribution is 5.86. The number of hydrogen-bond acceptors (Lipinski definition) is 3. The standard InChI is InChI=1S/C11H15N3O2/c15-11(16)10-9(5-7-1-2-7)14(13-12-10)6-8-3-4-8/h7-8H,1-6H2,(H,15,16). The molecule has 0 bridgehead atoms. The van der Waals surface area contributed by atoms with E-state index < -0.39 is 5.97 Å². The second kappa shape index (κ2) is 3.57. The van der Waals surface area contributed by atoms with Crippen molar-refractivity contribution < 1.29 is 9.90 Å². The van der Waals surface area contributed by atoms with Crippen molar-refractivity contribution in [2.75, 3.05) is 0 Å². The van der Waals surface area contributed by atoms with E-state index in [9.17, 15) is 4.79 Å². The zero-order valence-corrected chi connectivity index (χ0v) is 9.09. The van der Waals surface area contributed by atoms with Gasteiger partial charge in [-0.2, -0.15) is 0 Å². The Morgan fingerprint density at radius 1 is 1.31 bits per heavy atom. The molecule has 1 aromatic rings. The maximum Gasteiger partial charge on any atom is 0.358 e. The highest BCUT2D eigenvalue weighted by Crippen LogP contribution is 2.35. The van der Waals surface area contributed by atoms with Gasteiger partial charge in [-0.1, -0.05) is 5.21 Å². The van der Waals surface area contributed by atoms with Crippen LogP contribution in [0.5, 0.6) is 0 Å².